The molecule has 1 atom stereocenters. The first-order valence-electron chi connectivity index (χ1n) is 14.3. The van der Waals surface area contributed by atoms with E-state index < -0.39 is 10.0 Å². The minimum Gasteiger partial charge on any atom is -0.633 e. The lowest BCUT2D eigenvalue weighted by Crippen LogP contribution is -2.52. The van der Waals surface area contributed by atoms with E-state index in [4.69, 9.17) is 4.74 Å². The molecule has 39 heavy (non-hydrogen) atoms. The second-order valence-electron chi connectivity index (χ2n) is 11.3. The molecule has 0 amide bonds. The summed E-state index contributed by atoms with van der Waals surface area (Å²) in [6.07, 6.45) is 6.41. The van der Waals surface area contributed by atoms with Gasteiger partial charge in [0.05, 0.1) is 38.2 Å². The Morgan fingerprint density at radius 3 is 2.54 bits per heavy atom. The number of methoxy groups -OCH3 is 1. The van der Waals surface area contributed by atoms with Gasteiger partial charge >= 0.3 is 0 Å². The molecule has 1 fully saturated rings. The minimum atomic E-state index is -3.69. The molecule has 3 aromatic rings. The van der Waals surface area contributed by atoms with E-state index in [2.05, 4.69) is 28.2 Å². The van der Waals surface area contributed by atoms with E-state index in [-0.39, 0.29) is 22.6 Å². The summed E-state index contributed by atoms with van der Waals surface area (Å²) in [7, 11) is -1.97. The number of likely N-dealkylation sites (tertiary alicyclic amines) is 1. The molecule has 2 N–H and O–H groups in total. The van der Waals surface area contributed by atoms with Gasteiger partial charge in [-0.2, -0.15) is 0 Å². The van der Waals surface area contributed by atoms with Crippen molar-refractivity contribution in [2.75, 3.05) is 46.4 Å². The molecule has 7 nitrogen and oxygen atoms in total. The predicted molar refractivity (Wildman–Crippen MR) is 156 cm³/mol. The van der Waals surface area contributed by atoms with Gasteiger partial charge in [0.2, 0.25) is 10.0 Å². The molecule has 0 spiro atoms. The van der Waals surface area contributed by atoms with Crippen molar-refractivity contribution in [3.05, 3.63) is 77.0 Å². The maximum atomic E-state index is 13.3. The van der Waals surface area contributed by atoms with E-state index in [9.17, 15) is 13.6 Å². The summed E-state index contributed by atoms with van der Waals surface area (Å²) < 4.78 is 33.7. The maximum Gasteiger partial charge on any atom is 0.241 e. The van der Waals surface area contributed by atoms with Crippen LogP contribution >= 0.6 is 0 Å². The monoisotopic (exact) mass is 551 g/mol. The van der Waals surface area contributed by atoms with E-state index in [1.165, 1.54) is 24.0 Å². The van der Waals surface area contributed by atoms with Crippen LogP contribution in [-0.2, 0) is 22.9 Å². The molecule has 210 valence electrons. The van der Waals surface area contributed by atoms with Crippen molar-refractivity contribution < 1.29 is 17.8 Å². The van der Waals surface area contributed by atoms with E-state index >= 15 is 0 Å². The molecule has 8 heteroatoms. The Bertz CT molecular complexity index is 1360. The highest BCUT2D eigenvalue weighted by Crippen LogP contribution is 2.28. The van der Waals surface area contributed by atoms with Crippen molar-refractivity contribution in [2.24, 2.45) is 11.8 Å². The third-order valence-electron chi connectivity index (χ3n) is 8.59. The lowest BCUT2D eigenvalue weighted by Gasteiger charge is -2.47. The maximum absolute atomic E-state index is 13.3. The van der Waals surface area contributed by atoms with Crippen molar-refractivity contribution in [1.29, 1.82) is 0 Å². The number of hydrogen-bond donors (Lipinski definition) is 2. The first kappa shape index (κ1) is 28.1. The Morgan fingerprint density at radius 2 is 1.72 bits per heavy atom. The summed E-state index contributed by atoms with van der Waals surface area (Å²) in [6, 6.07) is 19.2. The number of hydroxylamine groups is 3. The van der Waals surface area contributed by atoms with Gasteiger partial charge in [0.25, 0.3) is 0 Å². The number of hydrogen-bond acceptors (Lipinski definition) is 5. The van der Waals surface area contributed by atoms with Crippen molar-refractivity contribution >= 4 is 20.8 Å². The van der Waals surface area contributed by atoms with E-state index in [0.717, 1.165) is 49.9 Å². The average molecular weight is 552 g/mol. The Labute approximate surface area is 232 Å². The SMILES string of the molecule is COc1ccc2c(c1)CC(CNCC1CC[N+]([O-])(CCNS(=O)(=O)c3cccc4ccccc34)CC1)CCC2. The zero-order valence-electron chi connectivity index (χ0n) is 22.9. The van der Waals surface area contributed by atoms with Crippen molar-refractivity contribution in [3.8, 4) is 5.75 Å². The van der Waals surface area contributed by atoms with Gasteiger partial charge < -0.3 is 19.9 Å². The van der Waals surface area contributed by atoms with Crippen LogP contribution in [0.15, 0.2) is 65.6 Å². The summed E-state index contributed by atoms with van der Waals surface area (Å²) in [6.45, 7) is 3.43. The zero-order valence-corrected chi connectivity index (χ0v) is 23.7. The van der Waals surface area contributed by atoms with Crippen molar-refractivity contribution in [2.45, 2.75) is 43.4 Å². The first-order chi connectivity index (χ1) is 18.9. The number of rotatable bonds is 10. The number of aryl methyl sites for hydroxylation is 1. The van der Waals surface area contributed by atoms with Crippen LogP contribution in [0.2, 0.25) is 0 Å². The van der Waals surface area contributed by atoms with Gasteiger partial charge in [-0.3, -0.25) is 0 Å². The highest BCUT2D eigenvalue weighted by atomic mass is 32.2. The lowest BCUT2D eigenvalue weighted by molar-refractivity contribution is -0.885. The van der Waals surface area contributed by atoms with Crippen LogP contribution in [0.1, 0.15) is 36.8 Å². The molecule has 1 aliphatic carbocycles. The smallest absolute Gasteiger partial charge is 0.241 e. The summed E-state index contributed by atoms with van der Waals surface area (Å²) in [4.78, 5) is 0.263. The van der Waals surface area contributed by atoms with Crippen LogP contribution < -0.4 is 14.8 Å². The largest absolute Gasteiger partial charge is 0.633 e. The molecule has 5 rings (SSSR count). The third kappa shape index (κ3) is 6.99. The van der Waals surface area contributed by atoms with Gasteiger partial charge in [-0.05, 0) is 85.3 Å². The Morgan fingerprint density at radius 1 is 0.949 bits per heavy atom. The van der Waals surface area contributed by atoms with Crippen LogP contribution in [0.4, 0.5) is 0 Å². The topological polar surface area (TPSA) is 90.5 Å². The number of piperidine rings is 1. The van der Waals surface area contributed by atoms with E-state index in [1.807, 2.05) is 30.3 Å². The van der Waals surface area contributed by atoms with Gasteiger partial charge in [0.15, 0.2) is 0 Å². The van der Waals surface area contributed by atoms with Crippen molar-refractivity contribution in [3.63, 3.8) is 0 Å². The first-order valence-corrected chi connectivity index (χ1v) is 15.7. The van der Waals surface area contributed by atoms with Gasteiger partial charge in [-0.15, -0.1) is 0 Å². The number of fused-ring (bicyclic) bond motifs is 2. The molecule has 0 aromatic heterocycles. The molecule has 1 heterocycles. The van der Waals surface area contributed by atoms with Gasteiger partial charge in [0.1, 0.15) is 5.75 Å². The van der Waals surface area contributed by atoms with Gasteiger partial charge in [-0.1, -0.05) is 42.5 Å². The van der Waals surface area contributed by atoms with Crippen LogP contribution in [-0.4, -0.2) is 59.4 Å². The number of quaternary nitrogens is 1. The molecule has 0 bridgehead atoms. The standard InChI is InChI=1S/C31H41N3O4S/c1-38-29-13-12-26-8-4-6-25(20-28(26)21-29)23-32-22-24-14-17-34(35,18-15-24)19-16-33-39(36,37)31-11-5-9-27-7-2-3-10-30(27)31/h2-3,5,7,9-13,21,24-25,32-33H,4,6,8,14-20,22-23H2,1H3. The summed E-state index contributed by atoms with van der Waals surface area (Å²) in [5.74, 6) is 2.05. The average Bonchev–Trinajstić information content (AvgIpc) is 3.15. The van der Waals surface area contributed by atoms with Crippen LogP contribution in [0.25, 0.3) is 10.8 Å². The lowest BCUT2D eigenvalue weighted by atomic mass is 9.94. The fraction of sp³-hybridized carbons (Fsp3) is 0.484. The highest BCUT2D eigenvalue weighted by molar-refractivity contribution is 7.89. The number of nitrogens with one attached hydrogen (secondary N) is 2. The molecular weight excluding hydrogens is 510 g/mol. The second-order valence-corrected chi connectivity index (χ2v) is 13.0. The molecule has 1 saturated heterocycles. The number of benzene rings is 3. The van der Waals surface area contributed by atoms with Gasteiger partial charge in [-0.25, -0.2) is 13.1 Å². The zero-order chi connectivity index (χ0) is 27.3. The van der Waals surface area contributed by atoms with Crippen molar-refractivity contribution in [1.82, 2.24) is 10.0 Å². The number of nitrogens with zero attached hydrogens (tertiary/aromatic N) is 1. The Balaban J connectivity index is 1.05. The summed E-state index contributed by atoms with van der Waals surface area (Å²) in [5, 5.41) is 18.6. The number of ether oxygens (including phenoxy) is 1. The molecular formula is C31H41N3O4S. The Hall–Kier alpha value is -2.49. The molecule has 0 saturated carbocycles. The second kappa shape index (κ2) is 12.4. The molecule has 1 aliphatic heterocycles. The molecule has 2 aliphatic rings. The van der Waals surface area contributed by atoms with Gasteiger partial charge in [0, 0.05) is 18.2 Å². The van der Waals surface area contributed by atoms with Crippen LogP contribution in [0.5, 0.6) is 5.75 Å². The molecule has 3 aromatic carbocycles. The van der Waals surface area contributed by atoms with E-state index in [0.29, 0.717) is 30.3 Å². The fourth-order valence-electron chi connectivity index (χ4n) is 6.23. The highest BCUT2D eigenvalue weighted by Gasteiger charge is 2.28. The normalized spacial score (nSPS) is 23.7. The third-order valence-corrected chi connectivity index (χ3v) is 10.1. The minimum absolute atomic E-state index is 0.145. The summed E-state index contributed by atoms with van der Waals surface area (Å²) in [5.41, 5.74) is 2.87. The predicted octanol–water partition coefficient (Wildman–Crippen LogP) is 4.64. The Kier molecular flexibility index (Phi) is 8.89. The molecule has 1 unspecified atom stereocenters. The fourth-order valence-corrected chi connectivity index (χ4v) is 7.48. The van der Waals surface area contributed by atoms with Crippen LogP contribution in [0, 0.1) is 17.0 Å². The molecule has 0 radical (unpaired) electrons. The number of sulfonamides is 1. The quantitative estimate of drug-likeness (QED) is 0.218. The summed E-state index contributed by atoms with van der Waals surface area (Å²) >= 11 is 0. The van der Waals surface area contributed by atoms with Crippen LogP contribution in [0.3, 0.4) is 0 Å². The van der Waals surface area contributed by atoms with E-state index in [1.54, 1.807) is 19.2 Å².